The molecule has 0 aliphatic heterocycles. The van der Waals surface area contributed by atoms with Crippen molar-refractivity contribution in [2.75, 3.05) is 13.7 Å². The lowest BCUT2D eigenvalue weighted by Gasteiger charge is -2.11. The van der Waals surface area contributed by atoms with Crippen LogP contribution >= 0.6 is 11.6 Å². The highest BCUT2D eigenvalue weighted by molar-refractivity contribution is 6.31. The number of hydrogen-bond donors (Lipinski definition) is 1. The summed E-state index contributed by atoms with van der Waals surface area (Å²) in [5, 5.41) is 12.2. The molecule has 0 spiro atoms. The molecule has 2 aromatic heterocycles. The Labute approximate surface area is 178 Å². The van der Waals surface area contributed by atoms with E-state index in [1.54, 1.807) is 31.6 Å². The van der Waals surface area contributed by atoms with Gasteiger partial charge in [-0.25, -0.2) is 4.98 Å². The maximum atomic E-state index is 13.1. The fraction of sp³-hybridized carbons (Fsp3) is 0.182. The molecule has 8 heteroatoms. The van der Waals surface area contributed by atoms with Crippen LogP contribution in [0, 0.1) is 0 Å². The van der Waals surface area contributed by atoms with E-state index in [2.05, 4.69) is 15.5 Å². The van der Waals surface area contributed by atoms with Crippen molar-refractivity contribution in [2.24, 2.45) is 0 Å². The number of hydrogen-bond acceptors (Lipinski definition) is 5. The molecular weight excluding hydrogens is 402 g/mol. The second kappa shape index (κ2) is 9.02. The van der Waals surface area contributed by atoms with Gasteiger partial charge in [0.05, 0.1) is 29.9 Å². The molecule has 0 atom stereocenters. The van der Waals surface area contributed by atoms with Crippen molar-refractivity contribution in [1.82, 2.24) is 25.1 Å². The number of carbonyl (C=O) groups is 1. The predicted molar refractivity (Wildman–Crippen MR) is 115 cm³/mol. The van der Waals surface area contributed by atoms with Crippen molar-refractivity contribution in [1.29, 1.82) is 0 Å². The van der Waals surface area contributed by atoms with Crippen LogP contribution in [0.3, 0.4) is 0 Å². The zero-order valence-corrected chi connectivity index (χ0v) is 17.1. The first-order valence-corrected chi connectivity index (χ1v) is 9.83. The van der Waals surface area contributed by atoms with Crippen molar-refractivity contribution < 1.29 is 9.53 Å². The van der Waals surface area contributed by atoms with E-state index in [-0.39, 0.29) is 12.5 Å². The highest BCUT2D eigenvalue weighted by atomic mass is 35.5. The Balaban J connectivity index is 1.66. The van der Waals surface area contributed by atoms with E-state index in [4.69, 9.17) is 21.3 Å². The van der Waals surface area contributed by atoms with E-state index in [0.717, 1.165) is 11.3 Å². The fourth-order valence-corrected chi connectivity index (χ4v) is 3.36. The Kier molecular flexibility index (Phi) is 6.02. The lowest BCUT2D eigenvalue weighted by Crippen LogP contribution is -2.25. The van der Waals surface area contributed by atoms with Crippen molar-refractivity contribution >= 4 is 28.4 Å². The second-order valence-electron chi connectivity index (χ2n) is 6.70. The quantitative estimate of drug-likeness (QED) is 0.491. The standard InChI is InChI=1S/C22H20ClN5O2/c1-30-10-9-28-14-25-27-21(28)13-24-22(29)18-12-20(15-5-3-2-4-6-15)26-19-8-7-16(23)11-17(18)19/h2-8,11-12,14H,9-10,13H2,1H3,(H,24,29). The average molecular weight is 422 g/mol. The number of amides is 1. The summed E-state index contributed by atoms with van der Waals surface area (Å²) in [6.07, 6.45) is 1.62. The summed E-state index contributed by atoms with van der Waals surface area (Å²) in [5.41, 5.74) is 2.86. The first-order chi connectivity index (χ1) is 14.7. The minimum atomic E-state index is -0.233. The molecule has 0 unspecified atom stereocenters. The molecule has 0 bridgehead atoms. The summed E-state index contributed by atoms with van der Waals surface area (Å²) in [4.78, 5) is 17.8. The number of nitrogens with zero attached hydrogens (tertiary/aromatic N) is 4. The molecule has 30 heavy (non-hydrogen) atoms. The van der Waals surface area contributed by atoms with Crippen LogP contribution in [0.5, 0.6) is 0 Å². The summed E-state index contributed by atoms with van der Waals surface area (Å²) < 4.78 is 6.94. The van der Waals surface area contributed by atoms with Crippen LogP contribution in [0.2, 0.25) is 5.02 Å². The van der Waals surface area contributed by atoms with Crippen molar-refractivity contribution in [2.45, 2.75) is 13.1 Å². The van der Waals surface area contributed by atoms with Gasteiger partial charge in [0.15, 0.2) is 5.82 Å². The molecule has 2 aromatic carbocycles. The van der Waals surface area contributed by atoms with Gasteiger partial charge in [-0.15, -0.1) is 10.2 Å². The van der Waals surface area contributed by atoms with Crippen LogP contribution in [0.25, 0.3) is 22.2 Å². The predicted octanol–water partition coefficient (Wildman–Crippen LogP) is 3.72. The highest BCUT2D eigenvalue weighted by Gasteiger charge is 2.15. The van der Waals surface area contributed by atoms with Gasteiger partial charge in [0.2, 0.25) is 0 Å². The van der Waals surface area contributed by atoms with Gasteiger partial charge in [0, 0.05) is 29.6 Å². The van der Waals surface area contributed by atoms with Crippen LogP contribution in [0.15, 0.2) is 60.9 Å². The molecule has 4 aromatic rings. The smallest absolute Gasteiger partial charge is 0.252 e. The molecule has 1 amide bonds. The number of halogens is 1. The number of carbonyl (C=O) groups excluding carboxylic acids is 1. The van der Waals surface area contributed by atoms with Crippen LogP contribution < -0.4 is 5.32 Å². The van der Waals surface area contributed by atoms with Gasteiger partial charge in [-0.1, -0.05) is 41.9 Å². The number of pyridine rings is 1. The van der Waals surface area contributed by atoms with Crippen LogP contribution in [0.1, 0.15) is 16.2 Å². The second-order valence-corrected chi connectivity index (χ2v) is 7.14. The number of fused-ring (bicyclic) bond motifs is 1. The number of methoxy groups -OCH3 is 1. The van der Waals surface area contributed by atoms with E-state index >= 15 is 0 Å². The van der Waals surface area contributed by atoms with Gasteiger partial charge in [-0.3, -0.25) is 4.79 Å². The minimum absolute atomic E-state index is 0.233. The van der Waals surface area contributed by atoms with Crippen LogP contribution in [-0.2, 0) is 17.8 Å². The van der Waals surface area contributed by atoms with Crippen LogP contribution in [0.4, 0.5) is 0 Å². The van der Waals surface area contributed by atoms with Gasteiger partial charge in [-0.2, -0.15) is 0 Å². The zero-order chi connectivity index (χ0) is 20.9. The van der Waals surface area contributed by atoms with E-state index in [1.165, 1.54) is 0 Å². The maximum Gasteiger partial charge on any atom is 0.252 e. The summed E-state index contributed by atoms with van der Waals surface area (Å²) in [5.74, 6) is 0.420. The summed E-state index contributed by atoms with van der Waals surface area (Å²) >= 11 is 6.19. The molecule has 0 aliphatic carbocycles. The molecule has 1 N–H and O–H groups in total. The molecule has 7 nitrogen and oxygen atoms in total. The Morgan fingerprint density at radius 3 is 2.80 bits per heavy atom. The van der Waals surface area contributed by atoms with Gasteiger partial charge in [0.25, 0.3) is 5.91 Å². The third kappa shape index (κ3) is 4.32. The number of benzene rings is 2. The SMILES string of the molecule is COCCn1cnnc1CNC(=O)c1cc(-c2ccccc2)nc2ccc(Cl)cc12. The van der Waals surface area contributed by atoms with Crippen molar-refractivity contribution in [3.63, 3.8) is 0 Å². The monoisotopic (exact) mass is 421 g/mol. The fourth-order valence-electron chi connectivity index (χ4n) is 3.19. The van der Waals surface area contributed by atoms with E-state index in [0.29, 0.717) is 40.5 Å². The van der Waals surface area contributed by atoms with Crippen LogP contribution in [-0.4, -0.2) is 39.4 Å². The number of aromatic nitrogens is 4. The maximum absolute atomic E-state index is 13.1. The molecular formula is C22H20ClN5O2. The lowest BCUT2D eigenvalue weighted by atomic mass is 10.0. The van der Waals surface area contributed by atoms with Gasteiger partial charge >= 0.3 is 0 Å². The third-order valence-electron chi connectivity index (χ3n) is 4.72. The number of ether oxygens (including phenoxy) is 1. The molecule has 152 valence electrons. The largest absolute Gasteiger partial charge is 0.383 e. The van der Waals surface area contributed by atoms with Crippen molar-refractivity contribution in [3.8, 4) is 11.3 Å². The molecule has 0 saturated carbocycles. The minimum Gasteiger partial charge on any atom is -0.383 e. The Morgan fingerprint density at radius 1 is 1.17 bits per heavy atom. The molecule has 0 aliphatic rings. The van der Waals surface area contributed by atoms with Gasteiger partial charge < -0.3 is 14.6 Å². The van der Waals surface area contributed by atoms with Gasteiger partial charge in [-0.05, 0) is 24.3 Å². The van der Waals surface area contributed by atoms with E-state index in [9.17, 15) is 4.79 Å². The molecule has 0 fully saturated rings. The molecule has 4 rings (SSSR count). The third-order valence-corrected chi connectivity index (χ3v) is 4.96. The van der Waals surface area contributed by atoms with Gasteiger partial charge in [0.1, 0.15) is 6.33 Å². The molecule has 0 saturated heterocycles. The Morgan fingerprint density at radius 2 is 2.00 bits per heavy atom. The summed E-state index contributed by atoms with van der Waals surface area (Å²) in [6.45, 7) is 1.39. The van der Waals surface area contributed by atoms with E-state index < -0.39 is 0 Å². The lowest BCUT2D eigenvalue weighted by molar-refractivity contribution is 0.0951. The first kappa shape index (κ1) is 20.0. The molecule has 2 heterocycles. The topological polar surface area (TPSA) is 81.9 Å². The van der Waals surface area contributed by atoms with E-state index in [1.807, 2.05) is 41.0 Å². The number of rotatable bonds is 7. The van der Waals surface area contributed by atoms with Crippen molar-refractivity contribution in [3.05, 3.63) is 77.3 Å². The average Bonchev–Trinajstić information content (AvgIpc) is 3.23. The highest BCUT2D eigenvalue weighted by Crippen LogP contribution is 2.27. The zero-order valence-electron chi connectivity index (χ0n) is 16.4. The first-order valence-electron chi connectivity index (χ1n) is 9.45. The number of nitrogens with one attached hydrogen (secondary N) is 1. The normalized spacial score (nSPS) is 11.0. The Hall–Kier alpha value is -3.29. The summed E-state index contributed by atoms with van der Waals surface area (Å²) in [6, 6.07) is 16.9. The molecule has 0 radical (unpaired) electrons. The Bertz CT molecular complexity index is 1180. The summed E-state index contributed by atoms with van der Waals surface area (Å²) in [7, 11) is 1.63.